The van der Waals surface area contributed by atoms with Crippen LogP contribution in [0.3, 0.4) is 0 Å². The third-order valence-corrected chi connectivity index (χ3v) is 6.68. The van der Waals surface area contributed by atoms with Crippen molar-refractivity contribution in [3.63, 3.8) is 0 Å². The molecule has 5 nitrogen and oxygen atoms in total. The Morgan fingerprint density at radius 2 is 1.25 bits per heavy atom. The second kappa shape index (κ2) is 17.0. The first kappa shape index (κ1) is 29.7. The summed E-state index contributed by atoms with van der Waals surface area (Å²) >= 11 is 6.24. The highest BCUT2D eigenvalue weighted by molar-refractivity contribution is 6.21. The van der Waals surface area contributed by atoms with Gasteiger partial charge in [-0.05, 0) is 61.4 Å². The van der Waals surface area contributed by atoms with Crippen LogP contribution in [0.15, 0.2) is 48.5 Å². The molecule has 0 saturated heterocycles. The number of carbonyl (C=O) groups excluding carboxylic acids is 2. The Labute approximate surface area is 221 Å². The Kier molecular flexibility index (Phi) is 14.0. The van der Waals surface area contributed by atoms with Crippen molar-refractivity contribution >= 4 is 23.5 Å². The van der Waals surface area contributed by atoms with Gasteiger partial charge in [0.15, 0.2) is 0 Å². The number of halogens is 1. The van der Waals surface area contributed by atoms with Gasteiger partial charge >= 0.3 is 11.9 Å². The van der Waals surface area contributed by atoms with E-state index in [1.807, 2.05) is 6.92 Å². The number of alkyl halides is 1. The molecule has 0 heterocycles. The first-order chi connectivity index (χ1) is 17.4. The number of esters is 2. The molecule has 0 spiro atoms. The van der Waals surface area contributed by atoms with E-state index in [-0.39, 0.29) is 11.3 Å². The SMILES string of the molecule is CCCCCCCCCCOc1ccc(C(=O)Oc2ccc(OC(=O)[C@@H](C)[C@@H](Cl)CCC)cc2)cc1. The molecule has 2 aromatic rings. The van der Waals surface area contributed by atoms with Crippen LogP contribution in [-0.4, -0.2) is 23.9 Å². The predicted octanol–water partition coefficient (Wildman–Crippen LogP) is 8.37. The van der Waals surface area contributed by atoms with E-state index in [0.29, 0.717) is 23.7 Å². The van der Waals surface area contributed by atoms with E-state index in [2.05, 4.69) is 6.92 Å². The molecule has 0 N–H and O–H groups in total. The van der Waals surface area contributed by atoms with E-state index < -0.39 is 11.9 Å². The number of rotatable bonds is 17. The lowest BCUT2D eigenvalue weighted by Crippen LogP contribution is -2.25. The van der Waals surface area contributed by atoms with Crippen molar-refractivity contribution in [2.75, 3.05) is 6.61 Å². The molecule has 0 aliphatic rings. The fraction of sp³-hybridized carbons (Fsp3) is 0.533. The molecule has 198 valence electrons. The van der Waals surface area contributed by atoms with Gasteiger partial charge in [-0.15, -0.1) is 11.6 Å². The standard InChI is InChI=1S/C30H41ClO5/c1-4-6-7-8-9-10-11-12-22-34-25-16-14-24(15-17-25)30(33)36-27-20-18-26(19-21-27)35-29(32)23(3)28(31)13-5-2/h14-21,23,28H,4-13,22H2,1-3H3/t23-,28-/m0/s1. The van der Waals surface area contributed by atoms with Crippen molar-refractivity contribution in [3.8, 4) is 17.2 Å². The second-order valence-corrected chi connectivity index (χ2v) is 9.78. The van der Waals surface area contributed by atoms with Crippen LogP contribution in [0.2, 0.25) is 0 Å². The van der Waals surface area contributed by atoms with Gasteiger partial charge in [-0.3, -0.25) is 4.79 Å². The molecule has 0 unspecified atom stereocenters. The fourth-order valence-electron chi connectivity index (χ4n) is 3.74. The van der Waals surface area contributed by atoms with Gasteiger partial charge in [0.05, 0.1) is 18.1 Å². The minimum absolute atomic E-state index is 0.260. The minimum Gasteiger partial charge on any atom is -0.494 e. The van der Waals surface area contributed by atoms with Crippen LogP contribution >= 0.6 is 11.6 Å². The third-order valence-electron chi connectivity index (χ3n) is 6.09. The number of carbonyl (C=O) groups is 2. The van der Waals surface area contributed by atoms with Gasteiger partial charge in [-0.2, -0.15) is 0 Å². The largest absolute Gasteiger partial charge is 0.494 e. The Morgan fingerprint density at radius 3 is 1.83 bits per heavy atom. The molecule has 0 amide bonds. The summed E-state index contributed by atoms with van der Waals surface area (Å²) in [5.41, 5.74) is 0.433. The summed E-state index contributed by atoms with van der Waals surface area (Å²) in [5, 5.41) is -0.260. The Bertz CT molecular complexity index is 895. The molecule has 0 aliphatic heterocycles. The zero-order valence-electron chi connectivity index (χ0n) is 22.0. The van der Waals surface area contributed by atoms with Crippen LogP contribution in [0.5, 0.6) is 17.2 Å². The number of hydrogen-bond donors (Lipinski definition) is 0. The molecule has 0 radical (unpaired) electrons. The Hall–Kier alpha value is -2.53. The highest BCUT2D eigenvalue weighted by atomic mass is 35.5. The van der Waals surface area contributed by atoms with Crippen molar-refractivity contribution in [1.29, 1.82) is 0 Å². The predicted molar refractivity (Wildman–Crippen MR) is 145 cm³/mol. The lowest BCUT2D eigenvalue weighted by Gasteiger charge is -2.16. The third kappa shape index (κ3) is 11.0. The number of hydrogen-bond acceptors (Lipinski definition) is 5. The molecule has 0 aromatic heterocycles. The van der Waals surface area contributed by atoms with Crippen molar-refractivity contribution in [2.45, 2.75) is 90.4 Å². The maximum absolute atomic E-state index is 12.5. The summed E-state index contributed by atoms with van der Waals surface area (Å²) in [6, 6.07) is 13.3. The van der Waals surface area contributed by atoms with Gasteiger partial charge in [0.2, 0.25) is 0 Å². The van der Waals surface area contributed by atoms with E-state index in [9.17, 15) is 9.59 Å². The number of ether oxygens (including phenoxy) is 3. The first-order valence-electron chi connectivity index (χ1n) is 13.4. The van der Waals surface area contributed by atoms with Crippen LogP contribution in [-0.2, 0) is 4.79 Å². The highest BCUT2D eigenvalue weighted by Crippen LogP contribution is 2.23. The molecule has 2 atom stereocenters. The van der Waals surface area contributed by atoms with Crippen LogP contribution < -0.4 is 14.2 Å². The summed E-state index contributed by atoms with van der Waals surface area (Å²) in [7, 11) is 0. The first-order valence-corrected chi connectivity index (χ1v) is 13.8. The summed E-state index contributed by atoms with van der Waals surface area (Å²) in [6.45, 7) is 6.70. The molecular weight excluding hydrogens is 476 g/mol. The average Bonchev–Trinajstić information content (AvgIpc) is 2.88. The lowest BCUT2D eigenvalue weighted by molar-refractivity contribution is -0.138. The molecule has 2 aromatic carbocycles. The summed E-state index contributed by atoms with van der Waals surface area (Å²) in [5.74, 6) is 0.240. The fourth-order valence-corrected chi connectivity index (χ4v) is 4.06. The van der Waals surface area contributed by atoms with E-state index >= 15 is 0 Å². The zero-order chi connectivity index (χ0) is 26.2. The van der Waals surface area contributed by atoms with Gasteiger partial charge in [0.25, 0.3) is 0 Å². The van der Waals surface area contributed by atoms with Crippen molar-refractivity contribution in [3.05, 3.63) is 54.1 Å². The highest BCUT2D eigenvalue weighted by Gasteiger charge is 2.23. The van der Waals surface area contributed by atoms with Gasteiger partial charge in [0, 0.05) is 5.38 Å². The normalized spacial score (nSPS) is 12.6. The Balaban J connectivity index is 1.72. The quantitative estimate of drug-likeness (QED) is 0.0914. The van der Waals surface area contributed by atoms with Crippen LogP contribution in [0.25, 0.3) is 0 Å². The monoisotopic (exact) mass is 516 g/mol. The van der Waals surface area contributed by atoms with Crippen LogP contribution in [0, 0.1) is 5.92 Å². The van der Waals surface area contributed by atoms with Crippen LogP contribution in [0.1, 0.15) is 95.3 Å². The Morgan fingerprint density at radius 1 is 0.722 bits per heavy atom. The average molecular weight is 517 g/mol. The molecule has 0 bridgehead atoms. The molecule has 0 fully saturated rings. The number of benzene rings is 2. The maximum Gasteiger partial charge on any atom is 0.343 e. The molecule has 0 saturated carbocycles. The molecule has 2 rings (SSSR count). The molecule has 6 heteroatoms. The van der Waals surface area contributed by atoms with Gasteiger partial charge in [0.1, 0.15) is 17.2 Å². The summed E-state index contributed by atoms with van der Waals surface area (Å²) in [4.78, 5) is 24.7. The number of unbranched alkanes of at least 4 members (excludes halogenated alkanes) is 7. The van der Waals surface area contributed by atoms with Crippen molar-refractivity contribution < 1.29 is 23.8 Å². The summed E-state index contributed by atoms with van der Waals surface area (Å²) < 4.78 is 16.6. The van der Waals surface area contributed by atoms with Crippen molar-refractivity contribution in [2.24, 2.45) is 5.92 Å². The second-order valence-electron chi connectivity index (χ2n) is 9.22. The van der Waals surface area contributed by atoms with E-state index in [1.54, 1.807) is 55.5 Å². The molecule has 0 aliphatic carbocycles. The van der Waals surface area contributed by atoms with E-state index in [0.717, 1.165) is 25.0 Å². The zero-order valence-corrected chi connectivity index (χ0v) is 22.7. The van der Waals surface area contributed by atoms with Crippen molar-refractivity contribution in [1.82, 2.24) is 0 Å². The van der Waals surface area contributed by atoms with Crippen LogP contribution in [0.4, 0.5) is 0 Å². The molecule has 36 heavy (non-hydrogen) atoms. The van der Waals surface area contributed by atoms with Gasteiger partial charge in [-0.25, -0.2) is 4.79 Å². The van der Waals surface area contributed by atoms with E-state index in [4.69, 9.17) is 25.8 Å². The summed E-state index contributed by atoms with van der Waals surface area (Å²) in [6.07, 6.45) is 11.7. The van der Waals surface area contributed by atoms with Gasteiger partial charge < -0.3 is 14.2 Å². The maximum atomic E-state index is 12.5. The topological polar surface area (TPSA) is 61.8 Å². The molecular formula is C30H41ClO5. The smallest absolute Gasteiger partial charge is 0.343 e. The lowest BCUT2D eigenvalue weighted by atomic mass is 10.0. The minimum atomic E-state index is -0.465. The van der Waals surface area contributed by atoms with E-state index in [1.165, 1.54) is 44.9 Å². The van der Waals surface area contributed by atoms with Gasteiger partial charge in [-0.1, -0.05) is 72.1 Å².